The monoisotopic (exact) mass is 287 g/mol. The summed E-state index contributed by atoms with van der Waals surface area (Å²) in [4.78, 5) is 11.1. The quantitative estimate of drug-likeness (QED) is 0.748. The van der Waals surface area contributed by atoms with E-state index in [-0.39, 0.29) is 24.3 Å². The minimum Gasteiger partial charge on any atom is -0.478 e. The molecule has 3 N–H and O–H groups in total. The predicted octanol–water partition coefficient (Wildman–Crippen LogP) is 2.61. The summed E-state index contributed by atoms with van der Waals surface area (Å²) in [6.07, 6.45) is 0. The van der Waals surface area contributed by atoms with Crippen LogP contribution in [0.15, 0.2) is 24.3 Å². The summed E-state index contributed by atoms with van der Waals surface area (Å²) >= 11 is 0. The molecule has 0 aliphatic heterocycles. The van der Waals surface area contributed by atoms with E-state index in [1.165, 1.54) is 12.1 Å². The Labute approximate surface area is 112 Å². The number of hydrogen-bond acceptors (Lipinski definition) is 5. The third kappa shape index (κ3) is 3.64. The van der Waals surface area contributed by atoms with Crippen molar-refractivity contribution in [3.05, 3.63) is 35.4 Å². The Kier molecular flexibility index (Phi) is 5.69. The normalized spacial score (nSPS) is 13.2. The first kappa shape index (κ1) is 15.9. The molecule has 0 unspecified atom stereocenters. The molecule has 0 heterocycles. The molecule has 1 aromatic rings. The Morgan fingerprint density at radius 3 is 2.32 bits per heavy atom. The molecule has 0 aromatic heterocycles. The molecule has 6 nitrogen and oxygen atoms in total. The fraction of sp³-hybridized carbons (Fsp3) is 0.417. The van der Waals surface area contributed by atoms with E-state index < -0.39 is 19.3 Å². The van der Waals surface area contributed by atoms with Crippen LogP contribution in [0, 0.1) is 0 Å². The lowest BCUT2D eigenvalue weighted by atomic mass is 10.1. The Balaban J connectivity index is 3.20. The fourth-order valence-electron chi connectivity index (χ4n) is 1.68. The molecular formula is C12H18NO5P. The highest BCUT2D eigenvalue weighted by Crippen LogP contribution is 2.58. The van der Waals surface area contributed by atoms with E-state index in [0.29, 0.717) is 0 Å². The van der Waals surface area contributed by atoms with Crippen LogP contribution in [-0.4, -0.2) is 24.3 Å². The van der Waals surface area contributed by atoms with Crippen LogP contribution in [0.4, 0.5) is 0 Å². The second kappa shape index (κ2) is 6.82. The maximum absolute atomic E-state index is 12.5. The van der Waals surface area contributed by atoms with Gasteiger partial charge in [-0.05, 0) is 25.5 Å². The van der Waals surface area contributed by atoms with Gasteiger partial charge in [0.05, 0.1) is 18.8 Å². The smallest absolute Gasteiger partial charge is 0.351 e. The molecule has 1 rings (SSSR count). The first-order valence-corrected chi connectivity index (χ1v) is 7.54. The van der Waals surface area contributed by atoms with Crippen molar-refractivity contribution in [2.24, 2.45) is 5.73 Å². The van der Waals surface area contributed by atoms with Gasteiger partial charge in [-0.3, -0.25) is 4.57 Å². The summed E-state index contributed by atoms with van der Waals surface area (Å²) in [5.41, 5.74) is 6.14. The molecule has 0 saturated carbocycles. The van der Waals surface area contributed by atoms with Crippen molar-refractivity contribution in [1.82, 2.24) is 0 Å². The summed E-state index contributed by atoms with van der Waals surface area (Å²) in [5.74, 6) is -2.26. The van der Waals surface area contributed by atoms with Crippen LogP contribution < -0.4 is 5.73 Å². The maximum atomic E-state index is 12.5. The summed E-state index contributed by atoms with van der Waals surface area (Å²) in [6, 6.07) is 6.12. The Morgan fingerprint density at radius 1 is 1.32 bits per heavy atom. The van der Waals surface area contributed by atoms with Crippen molar-refractivity contribution in [2.75, 3.05) is 13.2 Å². The highest BCUT2D eigenvalue weighted by atomic mass is 31.2. The minimum atomic E-state index is -3.58. The van der Waals surface area contributed by atoms with E-state index in [0.717, 1.165) is 0 Å². The number of benzene rings is 1. The minimum absolute atomic E-state index is 0.00497. The number of carboxylic acids is 1. The zero-order chi connectivity index (χ0) is 14.5. The van der Waals surface area contributed by atoms with Crippen molar-refractivity contribution in [1.29, 1.82) is 0 Å². The van der Waals surface area contributed by atoms with Crippen LogP contribution in [0.25, 0.3) is 0 Å². The first-order chi connectivity index (χ1) is 8.96. The molecule has 7 heteroatoms. The molecule has 0 aliphatic rings. The molecule has 106 valence electrons. The lowest BCUT2D eigenvalue weighted by Gasteiger charge is -2.24. The van der Waals surface area contributed by atoms with Crippen molar-refractivity contribution in [3.8, 4) is 0 Å². The van der Waals surface area contributed by atoms with Crippen molar-refractivity contribution >= 4 is 13.6 Å². The number of carboxylic acid groups (broad SMARTS) is 1. The molecule has 0 bridgehead atoms. The first-order valence-electron chi connectivity index (χ1n) is 5.92. The van der Waals surface area contributed by atoms with E-state index in [4.69, 9.17) is 19.9 Å². The topological polar surface area (TPSA) is 98.9 Å². The number of rotatable bonds is 7. The molecule has 1 aromatic carbocycles. The Bertz CT molecular complexity index is 481. The van der Waals surface area contributed by atoms with Crippen molar-refractivity contribution in [3.63, 3.8) is 0 Å². The molecule has 0 aliphatic carbocycles. The van der Waals surface area contributed by atoms with E-state index in [2.05, 4.69) is 0 Å². The molecule has 0 amide bonds. The second-order valence-electron chi connectivity index (χ2n) is 3.71. The van der Waals surface area contributed by atoms with Gasteiger partial charge in [-0.1, -0.05) is 18.2 Å². The maximum Gasteiger partial charge on any atom is 0.351 e. The lowest BCUT2D eigenvalue weighted by Crippen LogP contribution is -2.18. The highest BCUT2D eigenvalue weighted by molar-refractivity contribution is 7.54. The van der Waals surface area contributed by atoms with E-state index in [1.807, 2.05) is 0 Å². The van der Waals surface area contributed by atoms with Gasteiger partial charge in [0.15, 0.2) is 0 Å². The van der Waals surface area contributed by atoms with Crippen LogP contribution in [0.3, 0.4) is 0 Å². The predicted molar refractivity (Wildman–Crippen MR) is 71.2 cm³/mol. The molecule has 0 radical (unpaired) electrons. The summed E-state index contributed by atoms with van der Waals surface area (Å²) in [5, 5.41) is 9.11. The largest absolute Gasteiger partial charge is 0.478 e. The number of nitrogens with two attached hydrogens (primary N) is 1. The van der Waals surface area contributed by atoms with Gasteiger partial charge in [0.25, 0.3) is 0 Å². The average Bonchev–Trinajstić information content (AvgIpc) is 2.38. The zero-order valence-corrected chi connectivity index (χ0v) is 11.8. The third-order valence-corrected chi connectivity index (χ3v) is 4.66. The third-order valence-electron chi connectivity index (χ3n) is 2.47. The summed E-state index contributed by atoms with van der Waals surface area (Å²) < 4.78 is 22.8. The van der Waals surface area contributed by atoms with Crippen LogP contribution in [-0.2, 0) is 13.6 Å². The Hall–Kier alpha value is -1.20. The van der Waals surface area contributed by atoms with Gasteiger partial charge in [0, 0.05) is 0 Å². The molecular weight excluding hydrogens is 269 g/mol. The number of aromatic carboxylic acids is 1. The summed E-state index contributed by atoms with van der Waals surface area (Å²) in [7, 11) is -3.58. The van der Waals surface area contributed by atoms with Crippen molar-refractivity contribution < 1.29 is 23.5 Å². The zero-order valence-electron chi connectivity index (χ0n) is 10.9. The SMILES string of the molecule is CCOP(=O)(OCC)[C@@H](N)c1ccccc1C(=O)O. The van der Waals surface area contributed by atoms with Gasteiger partial charge < -0.3 is 19.9 Å². The van der Waals surface area contributed by atoms with Gasteiger partial charge in [-0.2, -0.15) is 0 Å². The number of hydrogen-bond donors (Lipinski definition) is 2. The molecule has 0 spiro atoms. The lowest BCUT2D eigenvalue weighted by molar-refractivity contribution is 0.0695. The van der Waals surface area contributed by atoms with E-state index in [1.54, 1.807) is 26.0 Å². The molecule has 0 fully saturated rings. The molecule has 19 heavy (non-hydrogen) atoms. The van der Waals surface area contributed by atoms with Crippen LogP contribution in [0.5, 0.6) is 0 Å². The second-order valence-corrected chi connectivity index (χ2v) is 5.87. The highest BCUT2D eigenvalue weighted by Gasteiger charge is 2.35. The van der Waals surface area contributed by atoms with Gasteiger partial charge in [0.2, 0.25) is 0 Å². The van der Waals surface area contributed by atoms with Gasteiger partial charge in [-0.25, -0.2) is 4.79 Å². The van der Waals surface area contributed by atoms with E-state index in [9.17, 15) is 9.36 Å². The van der Waals surface area contributed by atoms with Gasteiger partial charge >= 0.3 is 13.6 Å². The Morgan fingerprint density at radius 2 is 1.84 bits per heavy atom. The van der Waals surface area contributed by atoms with Crippen LogP contribution >= 0.6 is 7.60 Å². The molecule has 1 atom stereocenters. The average molecular weight is 287 g/mol. The molecule has 0 saturated heterocycles. The van der Waals surface area contributed by atoms with Crippen LogP contribution in [0.1, 0.15) is 35.6 Å². The number of carbonyl (C=O) groups is 1. The standard InChI is InChI=1S/C12H18NO5P/c1-3-17-19(16,18-4-2)11(13)9-7-5-6-8-10(9)12(14)15/h5-8,11H,3-4,13H2,1-2H3,(H,14,15)/t11-/m1/s1. The summed E-state index contributed by atoms with van der Waals surface area (Å²) in [6.45, 7) is 3.67. The van der Waals surface area contributed by atoms with Gasteiger partial charge in [0.1, 0.15) is 5.78 Å². The van der Waals surface area contributed by atoms with Gasteiger partial charge in [-0.15, -0.1) is 0 Å². The van der Waals surface area contributed by atoms with Crippen molar-refractivity contribution in [2.45, 2.75) is 19.6 Å². The fourth-order valence-corrected chi connectivity index (χ4v) is 3.36. The van der Waals surface area contributed by atoms with E-state index >= 15 is 0 Å². The van der Waals surface area contributed by atoms with Crippen LogP contribution in [0.2, 0.25) is 0 Å².